The molecule has 0 unspecified atom stereocenters. The summed E-state index contributed by atoms with van der Waals surface area (Å²) >= 11 is 0. The van der Waals surface area contributed by atoms with Crippen LogP contribution in [0.25, 0.3) is 0 Å². The van der Waals surface area contributed by atoms with Crippen molar-refractivity contribution in [2.75, 3.05) is 44.4 Å². The molecular formula is C23H29N5O5. The number of anilines is 1. The van der Waals surface area contributed by atoms with Crippen LogP contribution in [0.4, 0.5) is 5.69 Å². The maximum absolute atomic E-state index is 11.3. The number of hydrogen-bond acceptors (Lipinski definition) is 8. The molecule has 176 valence electrons. The summed E-state index contributed by atoms with van der Waals surface area (Å²) in [5.74, 6) is -1.24. The lowest BCUT2D eigenvalue weighted by molar-refractivity contribution is 0.0323. The Labute approximate surface area is 192 Å². The van der Waals surface area contributed by atoms with Gasteiger partial charge in [0.15, 0.2) is 0 Å². The number of nitrogens with one attached hydrogen (secondary N) is 2. The van der Waals surface area contributed by atoms with E-state index in [-0.39, 0.29) is 34.5 Å². The highest BCUT2D eigenvalue weighted by atomic mass is 16.5. The lowest BCUT2D eigenvalue weighted by Gasteiger charge is -2.28. The minimum atomic E-state index is -0.734. The van der Waals surface area contributed by atoms with E-state index in [9.17, 15) is 15.1 Å². The van der Waals surface area contributed by atoms with Crippen LogP contribution >= 0.6 is 0 Å². The Balaban J connectivity index is 1.91. The van der Waals surface area contributed by atoms with Gasteiger partial charge in [-0.2, -0.15) is 0 Å². The average molecular weight is 456 g/mol. The number of nitrogens with zero attached hydrogens (tertiary/aromatic N) is 3. The fourth-order valence-electron chi connectivity index (χ4n) is 3.62. The van der Waals surface area contributed by atoms with E-state index < -0.39 is 5.96 Å². The van der Waals surface area contributed by atoms with E-state index >= 15 is 0 Å². The van der Waals surface area contributed by atoms with E-state index in [0.717, 1.165) is 24.1 Å². The van der Waals surface area contributed by atoms with Crippen LogP contribution in [0.3, 0.4) is 0 Å². The highest BCUT2D eigenvalue weighted by Gasteiger charge is 2.26. The Morgan fingerprint density at radius 2 is 1.88 bits per heavy atom. The third-order valence-electron chi connectivity index (χ3n) is 5.42. The molecule has 1 heterocycles. The summed E-state index contributed by atoms with van der Waals surface area (Å²) in [6.07, 6.45) is 0. The molecule has 33 heavy (non-hydrogen) atoms. The second-order valence-corrected chi connectivity index (χ2v) is 7.95. The summed E-state index contributed by atoms with van der Waals surface area (Å²) in [6, 6.07) is 9.37. The maximum atomic E-state index is 11.3. The van der Waals surface area contributed by atoms with Crippen molar-refractivity contribution in [1.29, 1.82) is 10.8 Å². The normalized spacial score (nSPS) is 14.2. The van der Waals surface area contributed by atoms with Crippen molar-refractivity contribution in [3.05, 3.63) is 52.4 Å². The smallest absolute Gasteiger partial charge is 0.270 e. The van der Waals surface area contributed by atoms with Gasteiger partial charge in [0.1, 0.15) is 29.7 Å². The van der Waals surface area contributed by atoms with Crippen LogP contribution in [0.1, 0.15) is 30.9 Å². The highest BCUT2D eigenvalue weighted by molar-refractivity contribution is 6.24. The van der Waals surface area contributed by atoms with Gasteiger partial charge in [-0.3, -0.25) is 20.6 Å². The molecule has 10 nitrogen and oxygen atoms in total. The van der Waals surface area contributed by atoms with Crippen LogP contribution in [0.2, 0.25) is 0 Å². The van der Waals surface area contributed by atoms with Gasteiger partial charge in [0.25, 0.3) is 5.96 Å². The molecular weight excluding hydrogens is 426 g/mol. The van der Waals surface area contributed by atoms with Crippen LogP contribution in [0.5, 0.6) is 17.2 Å². The Morgan fingerprint density at radius 3 is 2.55 bits per heavy atom. The number of guanidine groups is 1. The molecule has 0 aromatic heterocycles. The molecule has 0 spiro atoms. The number of benzene rings is 2. The minimum Gasteiger partial charge on any atom is -0.508 e. The molecule has 0 aliphatic carbocycles. The van der Waals surface area contributed by atoms with Crippen molar-refractivity contribution in [3.63, 3.8) is 0 Å². The molecule has 2 aromatic rings. The SMILES string of the molecule is CC(C)c1cc(C(=N)N(C(=N)N=O)c2ccccc2OCCN2CCOCC2)c(O)cc1O. The largest absolute Gasteiger partial charge is 0.508 e. The molecule has 10 heteroatoms. The molecule has 1 aliphatic heterocycles. The highest BCUT2D eigenvalue weighted by Crippen LogP contribution is 2.35. The van der Waals surface area contributed by atoms with Gasteiger partial charge in [0.05, 0.1) is 24.5 Å². The van der Waals surface area contributed by atoms with Gasteiger partial charge >= 0.3 is 0 Å². The second-order valence-electron chi connectivity index (χ2n) is 7.95. The first-order valence-electron chi connectivity index (χ1n) is 10.7. The van der Waals surface area contributed by atoms with Crippen LogP contribution < -0.4 is 9.64 Å². The number of nitroso groups, excluding NO2 is 1. The van der Waals surface area contributed by atoms with Gasteiger partial charge in [0.2, 0.25) is 0 Å². The standard InChI is InChI=1S/C23H29N5O5/c1-15(2)16-13-17(20(30)14-19(16)29)22(24)28(23(25)26-31)18-5-3-4-6-21(18)33-12-9-27-7-10-32-11-8-27/h3-6,13-15,24-25,29-30H,7-12H2,1-2H3. The summed E-state index contributed by atoms with van der Waals surface area (Å²) in [5, 5.41) is 40.1. The van der Waals surface area contributed by atoms with E-state index in [0.29, 0.717) is 37.7 Å². The van der Waals surface area contributed by atoms with Gasteiger partial charge in [-0.25, -0.2) is 0 Å². The van der Waals surface area contributed by atoms with Gasteiger partial charge in [0, 0.05) is 30.9 Å². The maximum Gasteiger partial charge on any atom is 0.270 e. The molecule has 0 bridgehead atoms. The lowest BCUT2D eigenvalue weighted by Crippen LogP contribution is -2.39. The number of phenolic OH excluding ortho intramolecular Hbond substituents is 2. The fourth-order valence-corrected chi connectivity index (χ4v) is 3.62. The van der Waals surface area contributed by atoms with Crippen LogP contribution in [0, 0.1) is 15.7 Å². The molecule has 0 saturated carbocycles. The number of phenols is 2. The first-order valence-corrected chi connectivity index (χ1v) is 10.7. The van der Waals surface area contributed by atoms with E-state index in [1.165, 1.54) is 6.07 Å². The Kier molecular flexibility index (Phi) is 7.96. The second kappa shape index (κ2) is 10.9. The fraction of sp³-hybridized carbons (Fsp3) is 0.391. The van der Waals surface area contributed by atoms with E-state index in [2.05, 4.69) is 10.1 Å². The van der Waals surface area contributed by atoms with E-state index in [1.807, 2.05) is 13.8 Å². The Morgan fingerprint density at radius 1 is 1.18 bits per heavy atom. The summed E-state index contributed by atoms with van der Waals surface area (Å²) in [4.78, 5) is 14.5. The molecule has 0 atom stereocenters. The Hall–Kier alpha value is -3.50. The number of para-hydroxylation sites is 2. The molecule has 0 amide bonds. The van der Waals surface area contributed by atoms with Gasteiger partial charge < -0.3 is 19.7 Å². The summed E-state index contributed by atoms with van der Waals surface area (Å²) in [5.41, 5.74) is 0.841. The molecule has 1 fully saturated rings. The van der Waals surface area contributed by atoms with E-state index in [4.69, 9.17) is 20.3 Å². The van der Waals surface area contributed by atoms with E-state index in [1.54, 1.807) is 24.3 Å². The summed E-state index contributed by atoms with van der Waals surface area (Å²) < 4.78 is 11.3. The van der Waals surface area contributed by atoms with Crippen LogP contribution in [-0.4, -0.2) is 66.4 Å². The zero-order valence-corrected chi connectivity index (χ0v) is 18.7. The van der Waals surface area contributed by atoms with Crippen molar-refractivity contribution in [2.24, 2.45) is 5.18 Å². The summed E-state index contributed by atoms with van der Waals surface area (Å²) in [7, 11) is 0. The van der Waals surface area contributed by atoms with Crippen molar-refractivity contribution < 1.29 is 19.7 Å². The monoisotopic (exact) mass is 455 g/mol. The molecule has 1 aliphatic rings. The van der Waals surface area contributed by atoms with Crippen molar-refractivity contribution in [1.82, 2.24) is 4.90 Å². The number of ether oxygens (including phenoxy) is 2. The number of rotatable bonds is 7. The third-order valence-corrected chi connectivity index (χ3v) is 5.42. The quantitative estimate of drug-likeness (QED) is 0.284. The molecule has 2 aromatic carbocycles. The summed E-state index contributed by atoms with van der Waals surface area (Å²) in [6.45, 7) is 7.76. The predicted octanol–water partition coefficient (Wildman–Crippen LogP) is 3.47. The Bertz CT molecular complexity index is 1020. The number of aromatic hydroxyl groups is 2. The molecule has 4 N–H and O–H groups in total. The minimum absolute atomic E-state index is 0.0491. The van der Waals surface area contributed by atoms with Gasteiger partial charge in [-0.15, -0.1) is 4.91 Å². The van der Waals surface area contributed by atoms with Crippen molar-refractivity contribution in [2.45, 2.75) is 19.8 Å². The molecule has 0 radical (unpaired) electrons. The van der Waals surface area contributed by atoms with Gasteiger partial charge in [-0.05, 0) is 29.7 Å². The van der Waals surface area contributed by atoms with Gasteiger partial charge in [-0.1, -0.05) is 26.0 Å². The number of morpholine rings is 1. The van der Waals surface area contributed by atoms with Crippen molar-refractivity contribution >= 4 is 17.5 Å². The van der Waals surface area contributed by atoms with Crippen LogP contribution in [0.15, 0.2) is 41.6 Å². The zero-order valence-electron chi connectivity index (χ0n) is 18.7. The first kappa shape index (κ1) is 24.1. The third kappa shape index (κ3) is 5.65. The first-order chi connectivity index (χ1) is 15.8. The van der Waals surface area contributed by atoms with Crippen molar-refractivity contribution in [3.8, 4) is 17.2 Å². The number of amidine groups is 1. The topological polar surface area (TPSA) is 143 Å². The number of hydrogen-bond donors (Lipinski definition) is 4. The zero-order chi connectivity index (χ0) is 24.0. The average Bonchev–Trinajstić information content (AvgIpc) is 2.80. The lowest BCUT2D eigenvalue weighted by atomic mass is 9.98. The molecule has 1 saturated heterocycles. The molecule has 3 rings (SSSR count). The van der Waals surface area contributed by atoms with Crippen LogP contribution in [-0.2, 0) is 4.74 Å². The predicted molar refractivity (Wildman–Crippen MR) is 126 cm³/mol.